The van der Waals surface area contributed by atoms with Crippen molar-refractivity contribution in [2.45, 2.75) is 49.6 Å². The maximum atomic E-state index is 12.2. The third-order valence-corrected chi connectivity index (χ3v) is 4.96. The zero-order chi connectivity index (χ0) is 14.6. The SMILES string of the molecule is CCCNS(=O)(=O)c1ccccc1OC1CCCC1N. The van der Waals surface area contributed by atoms with Crippen LogP contribution in [0, 0.1) is 0 Å². The molecule has 112 valence electrons. The van der Waals surface area contributed by atoms with Crippen LogP contribution in [-0.2, 0) is 10.0 Å². The fourth-order valence-electron chi connectivity index (χ4n) is 2.35. The molecule has 3 N–H and O–H groups in total. The van der Waals surface area contributed by atoms with E-state index in [9.17, 15) is 8.42 Å². The average Bonchev–Trinajstić information content (AvgIpc) is 2.83. The molecule has 0 heterocycles. The Bertz CT molecular complexity index is 545. The second-order valence-corrected chi connectivity index (χ2v) is 6.83. The van der Waals surface area contributed by atoms with Crippen molar-refractivity contribution >= 4 is 10.0 Å². The molecule has 2 unspecified atom stereocenters. The topological polar surface area (TPSA) is 81.4 Å². The highest BCUT2D eigenvalue weighted by molar-refractivity contribution is 7.89. The molecule has 20 heavy (non-hydrogen) atoms. The summed E-state index contributed by atoms with van der Waals surface area (Å²) in [6.07, 6.45) is 3.47. The van der Waals surface area contributed by atoms with Crippen LogP contribution in [0.1, 0.15) is 32.6 Å². The average molecular weight is 298 g/mol. The van der Waals surface area contributed by atoms with Crippen molar-refractivity contribution in [2.75, 3.05) is 6.54 Å². The zero-order valence-electron chi connectivity index (χ0n) is 11.7. The maximum absolute atomic E-state index is 12.2. The van der Waals surface area contributed by atoms with Gasteiger partial charge < -0.3 is 10.5 Å². The van der Waals surface area contributed by atoms with Gasteiger partial charge in [0.25, 0.3) is 0 Å². The standard InChI is InChI=1S/C14H22N2O3S/c1-2-10-16-20(17,18)14-9-4-3-7-13(14)19-12-8-5-6-11(12)15/h3-4,7,9,11-12,16H,2,5-6,8,10,15H2,1H3. The van der Waals surface area contributed by atoms with Gasteiger partial charge in [-0.2, -0.15) is 0 Å². The molecular formula is C14H22N2O3S. The highest BCUT2D eigenvalue weighted by Crippen LogP contribution is 2.28. The van der Waals surface area contributed by atoms with E-state index in [2.05, 4.69) is 4.72 Å². The van der Waals surface area contributed by atoms with Crippen LogP contribution in [0.25, 0.3) is 0 Å². The number of ether oxygens (including phenoxy) is 1. The quantitative estimate of drug-likeness (QED) is 0.836. The zero-order valence-corrected chi connectivity index (χ0v) is 12.5. The van der Waals surface area contributed by atoms with Gasteiger partial charge in [-0.05, 0) is 37.8 Å². The molecule has 0 bridgehead atoms. The van der Waals surface area contributed by atoms with Crippen LogP contribution in [-0.4, -0.2) is 27.1 Å². The Balaban J connectivity index is 2.21. The summed E-state index contributed by atoms with van der Waals surface area (Å²) in [4.78, 5) is 0.188. The minimum absolute atomic E-state index is 0.0191. The molecule has 5 nitrogen and oxygen atoms in total. The van der Waals surface area contributed by atoms with Crippen molar-refractivity contribution in [3.8, 4) is 5.75 Å². The Hall–Kier alpha value is -1.11. The summed E-state index contributed by atoms with van der Waals surface area (Å²) >= 11 is 0. The van der Waals surface area contributed by atoms with Crippen molar-refractivity contribution in [1.82, 2.24) is 4.72 Å². The van der Waals surface area contributed by atoms with Gasteiger partial charge in [-0.25, -0.2) is 13.1 Å². The molecule has 2 rings (SSSR count). The van der Waals surface area contributed by atoms with E-state index in [1.807, 2.05) is 6.92 Å². The second kappa shape index (κ2) is 6.56. The van der Waals surface area contributed by atoms with Crippen LogP contribution >= 0.6 is 0 Å². The Labute approximate surface area is 120 Å². The summed E-state index contributed by atoms with van der Waals surface area (Å²) in [6.45, 7) is 2.34. The number of hydrogen-bond donors (Lipinski definition) is 2. The Morgan fingerprint density at radius 2 is 2.10 bits per heavy atom. The van der Waals surface area contributed by atoms with E-state index in [1.165, 1.54) is 0 Å². The van der Waals surface area contributed by atoms with E-state index in [0.29, 0.717) is 12.3 Å². The molecule has 1 saturated carbocycles. The summed E-state index contributed by atoms with van der Waals surface area (Å²) < 4.78 is 32.9. The largest absolute Gasteiger partial charge is 0.487 e. The maximum Gasteiger partial charge on any atom is 0.244 e. The van der Waals surface area contributed by atoms with Crippen LogP contribution in [0.5, 0.6) is 5.75 Å². The first-order valence-corrected chi connectivity index (χ1v) is 8.54. The summed E-state index contributed by atoms with van der Waals surface area (Å²) in [7, 11) is -3.53. The van der Waals surface area contributed by atoms with Crippen LogP contribution in [0.4, 0.5) is 0 Å². The van der Waals surface area contributed by atoms with Crippen molar-refractivity contribution in [1.29, 1.82) is 0 Å². The van der Waals surface area contributed by atoms with Gasteiger partial charge in [0.2, 0.25) is 10.0 Å². The summed E-state index contributed by atoms with van der Waals surface area (Å²) in [6, 6.07) is 6.70. The minimum atomic E-state index is -3.53. The molecule has 0 spiro atoms. The Morgan fingerprint density at radius 3 is 2.75 bits per heavy atom. The lowest BCUT2D eigenvalue weighted by Gasteiger charge is -2.20. The Kier molecular flexibility index (Phi) is 5.01. The first-order valence-electron chi connectivity index (χ1n) is 7.05. The van der Waals surface area contributed by atoms with E-state index < -0.39 is 10.0 Å². The minimum Gasteiger partial charge on any atom is -0.487 e. The van der Waals surface area contributed by atoms with E-state index in [4.69, 9.17) is 10.5 Å². The molecule has 1 aliphatic rings. The van der Waals surface area contributed by atoms with Crippen LogP contribution in [0.3, 0.4) is 0 Å². The molecular weight excluding hydrogens is 276 g/mol. The van der Waals surface area contributed by atoms with Crippen LogP contribution in [0.2, 0.25) is 0 Å². The number of sulfonamides is 1. The fourth-order valence-corrected chi connectivity index (χ4v) is 3.61. The lowest BCUT2D eigenvalue weighted by atomic mass is 10.2. The van der Waals surface area contributed by atoms with E-state index >= 15 is 0 Å². The molecule has 2 atom stereocenters. The molecule has 1 aromatic rings. The first kappa shape index (κ1) is 15.3. The van der Waals surface area contributed by atoms with Crippen LogP contribution < -0.4 is 15.2 Å². The fraction of sp³-hybridized carbons (Fsp3) is 0.571. The summed E-state index contributed by atoms with van der Waals surface area (Å²) in [5.41, 5.74) is 5.98. The third-order valence-electron chi connectivity index (χ3n) is 3.46. The van der Waals surface area contributed by atoms with Gasteiger partial charge in [-0.15, -0.1) is 0 Å². The summed E-state index contributed by atoms with van der Waals surface area (Å²) in [5, 5.41) is 0. The van der Waals surface area contributed by atoms with Crippen molar-refractivity contribution < 1.29 is 13.2 Å². The lowest BCUT2D eigenvalue weighted by Crippen LogP contribution is -2.34. The predicted molar refractivity (Wildman–Crippen MR) is 78.2 cm³/mol. The number of benzene rings is 1. The van der Waals surface area contributed by atoms with Crippen LogP contribution in [0.15, 0.2) is 29.2 Å². The number of nitrogens with one attached hydrogen (secondary N) is 1. The molecule has 0 saturated heterocycles. The molecule has 6 heteroatoms. The monoisotopic (exact) mass is 298 g/mol. The molecule has 0 aliphatic heterocycles. The number of rotatable bonds is 6. The molecule has 0 amide bonds. The third kappa shape index (κ3) is 3.50. The lowest BCUT2D eigenvalue weighted by molar-refractivity contribution is 0.186. The van der Waals surface area contributed by atoms with Gasteiger partial charge in [0.1, 0.15) is 16.7 Å². The molecule has 1 aliphatic carbocycles. The van der Waals surface area contributed by atoms with Gasteiger partial charge in [0.15, 0.2) is 0 Å². The molecule has 1 aromatic carbocycles. The van der Waals surface area contributed by atoms with Gasteiger partial charge in [-0.1, -0.05) is 19.1 Å². The van der Waals surface area contributed by atoms with Gasteiger partial charge >= 0.3 is 0 Å². The second-order valence-electron chi connectivity index (χ2n) is 5.10. The first-order chi connectivity index (χ1) is 9.54. The smallest absolute Gasteiger partial charge is 0.244 e. The summed E-state index contributed by atoms with van der Waals surface area (Å²) in [5.74, 6) is 0.387. The van der Waals surface area contributed by atoms with E-state index in [0.717, 1.165) is 25.7 Å². The predicted octanol–water partition coefficient (Wildman–Crippen LogP) is 1.63. The van der Waals surface area contributed by atoms with Gasteiger partial charge in [0, 0.05) is 12.6 Å². The Morgan fingerprint density at radius 1 is 1.35 bits per heavy atom. The molecule has 1 fully saturated rings. The van der Waals surface area contributed by atoms with Crippen molar-refractivity contribution in [3.05, 3.63) is 24.3 Å². The normalized spacial score (nSPS) is 22.9. The molecule has 0 aromatic heterocycles. The van der Waals surface area contributed by atoms with Gasteiger partial charge in [-0.3, -0.25) is 0 Å². The van der Waals surface area contributed by atoms with E-state index in [-0.39, 0.29) is 17.0 Å². The number of para-hydroxylation sites is 1. The van der Waals surface area contributed by atoms with Gasteiger partial charge in [0.05, 0.1) is 0 Å². The number of nitrogens with two attached hydrogens (primary N) is 1. The highest BCUT2D eigenvalue weighted by atomic mass is 32.2. The molecule has 0 radical (unpaired) electrons. The highest BCUT2D eigenvalue weighted by Gasteiger charge is 2.28. The number of hydrogen-bond acceptors (Lipinski definition) is 4. The van der Waals surface area contributed by atoms with Crippen molar-refractivity contribution in [2.24, 2.45) is 5.73 Å². The van der Waals surface area contributed by atoms with E-state index in [1.54, 1.807) is 24.3 Å². The van der Waals surface area contributed by atoms with Crippen molar-refractivity contribution in [3.63, 3.8) is 0 Å².